The Morgan fingerprint density at radius 1 is 1.26 bits per heavy atom. The van der Waals surface area contributed by atoms with E-state index in [0.29, 0.717) is 6.04 Å². The highest BCUT2D eigenvalue weighted by Gasteiger charge is 2.32. The number of halogens is 1. The maximum Gasteiger partial charge on any atom is 0.0438 e. The van der Waals surface area contributed by atoms with Gasteiger partial charge in [0.05, 0.1) is 0 Å². The molecule has 1 aliphatic carbocycles. The molecule has 0 heterocycles. The third-order valence-electron chi connectivity index (χ3n) is 4.66. The fraction of sp³-hybridized carbons (Fsp3) is 0.647. The van der Waals surface area contributed by atoms with Crippen LogP contribution in [0, 0.1) is 25.7 Å². The van der Waals surface area contributed by atoms with Gasteiger partial charge in [-0.2, -0.15) is 0 Å². The molecule has 1 aliphatic rings. The second-order valence-corrected chi connectivity index (χ2v) is 6.47. The van der Waals surface area contributed by atoms with Crippen LogP contribution in [0.4, 0.5) is 0 Å². The number of nitrogens with one attached hydrogen (secondary N) is 1. The largest absolute Gasteiger partial charge is 0.310 e. The zero-order valence-electron chi connectivity index (χ0n) is 12.6. The summed E-state index contributed by atoms with van der Waals surface area (Å²) in [5.74, 6) is 1.58. The summed E-state index contributed by atoms with van der Waals surface area (Å²) < 4.78 is 0. The molecule has 0 bridgehead atoms. The average Bonchev–Trinajstić information content (AvgIpc) is 2.77. The maximum absolute atomic E-state index is 6.24. The van der Waals surface area contributed by atoms with E-state index in [2.05, 4.69) is 45.1 Å². The van der Waals surface area contributed by atoms with Crippen LogP contribution in [-0.2, 0) is 0 Å². The van der Waals surface area contributed by atoms with E-state index in [-0.39, 0.29) is 0 Å². The molecule has 0 aromatic heterocycles. The topological polar surface area (TPSA) is 12.0 Å². The van der Waals surface area contributed by atoms with Crippen molar-refractivity contribution in [3.8, 4) is 0 Å². The molecule has 1 N–H and O–H groups in total. The first-order valence-corrected chi connectivity index (χ1v) is 7.92. The molecule has 3 unspecified atom stereocenters. The van der Waals surface area contributed by atoms with Gasteiger partial charge in [0.25, 0.3) is 0 Å². The predicted octanol–water partition coefficient (Wildman–Crippen LogP) is 5.04. The van der Waals surface area contributed by atoms with Gasteiger partial charge in [0.2, 0.25) is 0 Å². The monoisotopic (exact) mass is 279 g/mol. The van der Waals surface area contributed by atoms with E-state index in [1.54, 1.807) is 0 Å². The van der Waals surface area contributed by atoms with Crippen molar-refractivity contribution in [1.29, 1.82) is 0 Å². The molecule has 1 aromatic rings. The van der Waals surface area contributed by atoms with Crippen molar-refractivity contribution in [2.45, 2.75) is 53.0 Å². The van der Waals surface area contributed by atoms with Gasteiger partial charge in [-0.1, -0.05) is 44.4 Å². The minimum atomic E-state index is 0.485. The van der Waals surface area contributed by atoms with Gasteiger partial charge < -0.3 is 5.32 Å². The summed E-state index contributed by atoms with van der Waals surface area (Å²) in [6.45, 7) is 9.91. The van der Waals surface area contributed by atoms with Crippen molar-refractivity contribution in [2.75, 3.05) is 6.54 Å². The lowest BCUT2D eigenvalue weighted by atomic mass is 9.83. The van der Waals surface area contributed by atoms with E-state index < -0.39 is 0 Å². The molecule has 1 fully saturated rings. The van der Waals surface area contributed by atoms with Gasteiger partial charge in [0, 0.05) is 11.1 Å². The van der Waals surface area contributed by atoms with E-state index >= 15 is 0 Å². The van der Waals surface area contributed by atoms with Crippen LogP contribution in [-0.4, -0.2) is 6.54 Å². The van der Waals surface area contributed by atoms with E-state index in [1.165, 1.54) is 36.0 Å². The highest BCUT2D eigenvalue weighted by atomic mass is 35.5. The second-order valence-electron chi connectivity index (χ2n) is 6.07. The molecule has 1 nitrogen and oxygen atoms in total. The average molecular weight is 280 g/mol. The quantitative estimate of drug-likeness (QED) is 0.814. The molecular formula is C17H26ClN. The molecule has 19 heavy (non-hydrogen) atoms. The molecule has 0 spiro atoms. The summed E-state index contributed by atoms with van der Waals surface area (Å²) in [6.07, 6.45) is 4.09. The molecule has 106 valence electrons. The predicted molar refractivity (Wildman–Crippen MR) is 83.8 cm³/mol. The Bertz CT molecular complexity index is 441. The van der Waals surface area contributed by atoms with E-state index in [4.69, 9.17) is 11.6 Å². The van der Waals surface area contributed by atoms with Gasteiger partial charge in [0.1, 0.15) is 0 Å². The lowest BCUT2D eigenvalue weighted by Gasteiger charge is -2.30. The first kappa shape index (κ1) is 14.9. The van der Waals surface area contributed by atoms with Crippen LogP contribution in [0.2, 0.25) is 5.02 Å². The highest BCUT2D eigenvalue weighted by Crippen LogP contribution is 2.41. The van der Waals surface area contributed by atoms with Crippen molar-refractivity contribution in [3.05, 3.63) is 33.8 Å². The number of aryl methyl sites for hydroxylation is 2. The lowest BCUT2D eigenvalue weighted by molar-refractivity contribution is 0.305. The molecule has 0 aliphatic heterocycles. The van der Waals surface area contributed by atoms with E-state index in [1.807, 2.05) is 0 Å². The van der Waals surface area contributed by atoms with Crippen molar-refractivity contribution in [1.82, 2.24) is 5.32 Å². The minimum absolute atomic E-state index is 0.485. The first-order chi connectivity index (χ1) is 9.04. The Kier molecular flexibility index (Phi) is 4.92. The lowest BCUT2D eigenvalue weighted by Crippen LogP contribution is -2.30. The summed E-state index contributed by atoms with van der Waals surface area (Å²) >= 11 is 6.24. The molecule has 0 saturated heterocycles. The summed E-state index contributed by atoms with van der Waals surface area (Å²) in [5.41, 5.74) is 3.96. The first-order valence-electron chi connectivity index (χ1n) is 7.54. The Morgan fingerprint density at radius 3 is 2.58 bits per heavy atom. The Hall–Kier alpha value is -0.530. The second kappa shape index (κ2) is 6.28. The van der Waals surface area contributed by atoms with Crippen LogP contribution in [0.25, 0.3) is 0 Å². The zero-order valence-corrected chi connectivity index (χ0v) is 13.3. The van der Waals surface area contributed by atoms with Gasteiger partial charge in [-0.25, -0.2) is 0 Å². The van der Waals surface area contributed by atoms with Crippen LogP contribution < -0.4 is 5.32 Å². The van der Waals surface area contributed by atoms with Gasteiger partial charge in [-0.15, -0.1) is 0 Å². The van der Waals surface area contributed by atoms with Crippen molar-refractivity contribution >= 4 is 11.6 Å². The molecule has 0 radical (unpaired) electrons. The normalized spacial score (nSPS) is 24.7. The van der Waals surface area contributed by atoms with E-state index in [9.17, 15) is 0 Å². The Balaban J connectivity index is 2.35. The summed E-state index contributed by atoms with van der Waals surface area (Å²) in [6, 6.07) is 4.89. The number of rotatable bonds is 4. The van der Waals surface area contributed by atoms with Gasteiger partial charge in [-0.05, 0) is 61.4 Å². The van der Waals surface area contributed by atoms with Crippen LogP contribution >= 0.6 is 11.6 Å². The third-order valence-corrected chi connectivity index (χ3v) is 5.07. The van der Waals surface area contributed by atoms with Crippen LogP contribution in [0.3, 0.4) is 0 Å². The van der Waals surface area contributed by atoms with Crippen molar-refractivity contribution < 1.29 is 0 Å². The fourth-order valence-electron chi connectivity index (χ4n) is 3.52. The fourth-order valence-corrected chi connectivity index (χ4v) is 3.74. The smallest absolute Gasteiger partial charge is 0.0438 e. The summed E-state index contributed by atoms with van der Waals surface area (Å²) in [4.78, 5) is 0. The number of hydrogen-bond donors (Lipinski definition) is 1. The van der Waals surface area contributed by atoms with Crippen molar-refractivity contribution in [2.24, 2.45) is 11.8 Å². The Morgan fingerprint density at radius 2 is 2.00 bits per heavy atom. The standard InChI is InChI=1S/C17H26ClN/c1-5-19-17(14-8-6-7-11(14)2)15-9-13(4)16(18)10-12(15)3/h9-11,14,17,19H,5-8H2,1-4H3. The van der Waals surface area contributed by atoms with Crippen LogP contribution in [0.15, 0.2) is 12.1 Å². The molecule has 3 atom stereocenters. The molecule has 2 heteroatoms. The maximum atomic E-state index is 6.24. The zero-order chi connectivity index (χ0) is 14.0. The molecule has 1 saturated carbocycles. The SMILES string of the molecule is CCNC(c1cc(C)c(Cl)cc1C)C1CCCC1C. The third kappa shape index (κ3) is 3.14. The molecule has 1 aromatic carbocycles. The van der Waals surface area contributed by atoms with Gasteiger partial charge in [0.15, 0.2) is 0 Å². The molecule has 2 rings (SSSR count). The van der Waals surface area contributed by atoms with Crippen LogP contribution in [0.5, 0.6) is 0 Å². The number of hydrogen-bond acceptors (Lipinski definition) is 1. The minimum Gasteiger partial charge on any atom is -0.310 e. The highest BCUT2D eigenvalue weighted by molar-refractivity contribution is 6.31. The van der Waals surface area contributed by atoms with E-state index in [0.717, 1.165) is 23.4 Å². The van der Waals surface area contributed by atoms with Gasteiger partial charge in [-0.3, -0.25) is 0 Å². The van der Waals surface area contributed by atoms with Gasteiger partial charge >= 0.3 is 0 Å². The molecular weight excluding hydrogens is 254 g/mol. The Labute approximate surface area is 122 Å². The molecule has 0 amide bonds. The van der Waals surface area contributed by atoms with Crippen LogP contribution in [0.1, 0.15) is 55.8 Å². The summed E-state index contributed by atoms with van der Waals surface area (Å²) in [7, 11) is 0. The summed E-state index contributed by atoms with van der Waals surface area (Å²) in [5, 5.41) is 4.60. The number of benzene rings is 1. The van der Waals surface area contributed by atoms with Crippen molar-refractivity contribution in [3.63, 3.8) is 0 Å².